The van der Waals surface area contributed by atoms with Gasteiger partial charge in [0.15, 0.2) is 0 Å². The molecule has 1 unspecified atom stereocenters. The topological polar surface area (TPSA) is 46.3 Å². The van der Waals surface area contributed by atoms with Gasteiger partial charge < -0.3 is 10.6 Å². The second-order valence-corrected chi connectivity index (χ2v) is 4.82. The van der Waals surface area contributed by atoms with Crippen molar-refractivity contribution in [3.63, 3.8) is 0 Å². The van der Waals surface area contributed by atoms with Crippen LogP contribution < -0.4 is 5.73 Å². The number of nitrogens with zero attached hydrogens (tertiary/aromatic N) is 1. The van der Waals surface area contributed by atoms with Crippen LogP contribution in [0.25, 0.3) is 0 Å². The third-order valence-electron chi connectivity index (χ3n) is 3.34. The predicted molar refractivity (Wildman–Crippen MR) is 65.2 cm³/mol. The van der Waals surface area contributed by atoms with Gasteiger partial charge in [-0.1, -0.05) is 6.92 Å². The Morgan fingerprint density at radius 2 is 2.24 bits per heavy atom. The smallest absolute Gasteiger partial charge is 0.254 e. The number of hydrogen-bond acceptors (Lipinski definition) is 2. The van der Waals surface area contributed by atoms with E-state index in [9.17, 15) is 9.18 Å². The largest absolute Gasteiger partial charge is 0.398 e. The molecule has 17 heavy (non-hydrogen) atoms. The second-order valence-electron chi connectivity index (χ2n) is 4.82. The fraction of sp³-hybridized carbons (Fsp3) is 0.462. The number of carbonyl (C=O) groups is 1. The van der Waals surface area contributed by atoms with Gasteiger partial charge in [-0.25, -0.2) is 4.39 Å². The quantitative estimate of drug-likeness (QED) is 0.760. The Kier molecular flexibility index (Phi) is 3.05. The van der Waals surface area contributed by atoms with Crippen molar-refractivity contribution in [1.29, 1.82) is 0 Å². The Morgan fingerprint density at radius 1 is 1.53 bits per heavy atom. The molecule has 2 N–H and O–H groups in total. The highest BCUT2D eigenvalue weighted by Crippen LogP contribution is 2.22. The van der Waals surface area contributed by atoms with E-state index < -0.39 is 5.82 Å². The molecule has 4 heteroatoms. The van der Waals surface area contributed by atoms with Gasteiger partial charge >= 0.3 is 0 Å². The Balaban J connectivity index is 2.25. The lowest BCUT2D eigenvalue weighted by molar-refractivity contribution is 0.0787. The molecule has 0 aromatic heterocycles. The van der Waals surface area contributed by atoms with Gasteiger partial charge in [0.1, 0.15) is 5.82 Å². The Hall–Kier alpha value is -1.58. The Bertz CT molecular complexity index is 436. The van der Waals surface area contributed by atoms with Crippen molar-refractivity contribution in [3.05, 3.63) is 29.1 Å². The standard InChI is InChI=1S/C13H17FN2O/c1-8-3-4-16(7-8)13(17)10-5-11(14)9(2)12(15)6-10/h5-6,8H,3-4,7,15H2,1-2H3. The van der Waals surface area contributed by atoms with Crippen LogP contribution >= 0.6 is 0 Å². The van der Waals surface area contributed by atoms with E-state index in [4.69, 9.17) is 5.73 Å². The van der Waals surface area contributed by atoms with Gasteiger partial charge in [-0.2, -0.15) is 0 Å². The van der Waals surface area contributed by atoms with Crippen LogP contribution in [0.5, 0.6) is 0 Å². The molecule has 1 amide bonds. The molecular formula is C13H17FN2O. The van der Waals surface area contributed by atoms with E-state index in [-0.39, 0.29) is 5.91 Å². The van der Waals surface area contributed by atoms with E-state index in [1.807, 2.05) is 0 Å². The average Bonchev–Trinajstić information content (AvgIpc) is 2.71. The molecule has 0 aliphatic carbocycles. The molecule has 1 aliphatic rings. The molecule has 0 saturated carbocycles. The highest BCUT2D eigenvalue weighted by molar-refractivity contribution is 5.95. The fourth-order valence-electron chi connectivity index (χ4n) is 2.13. The van der Waals surface area contributed by atoms with Crippen LogP contribution in [0.15, 0.2) is 12.1 Å². The van der Waals surface area contributed by atoms with Gasteiger partial charge in [-0.15, -0.1) is 0 Å². The van der Waals surface area contributed by atoms with E-state index in [2.05, 4.69) is 6.92 Å². The molecule has 1 aromatic rings. The zero-order valence-electron chi connectivity index (χ0n) is 10.2. The molecule has 0 radical (unpaired) electrons. The third kappa shape index (κ3) is 2.25. The van der Waals surface area contributed by atoms with Gasteiger partial charge in [-0.05, 0) is 31.4 Å². The van der Waals surface area contributed by atoms with Crippen molar-refractivity contribution in [2.75, 3.05) is 18.8 Å². The van der Waals surface area contributed by atoms with Crippen molar-refractivity contribution >= 4 is 11.6 Å². The van der Waals surface area contributed by atoms with Crippen LogP contribution in [0, 0.1) is 18.7 Å². The molecule has 3 nitrogen and oxygen atoms in total. The van der Waals surface area contributed by atoms with Crippen molar-refractivity contribution in [1.82, 2.24) is 4.90 Å². The summed E-state index contributed by atoms with van der Waals surface area (Å²) in [5, 5.41) is 0. The molecule has 92 valence electrons. The minimum Gasteiger partial charge on any atom is -0.398 e. The van der Waals surface area contributed by atoms with Crippen molar-refractivity contribution in [2.24, 2.45) is 5.92 Å². The van der Waals surface area contributed by atoms with Crippen LogP contribution in [-0.4, -0.2) is 23.9 Å². The van der Waals surface area contributed by atoms with Gasteiger partial charge in [0.05, 0.1) is 0 Å². The first-order valence-electron chi connectivity index (χ1n) is 5.84. The number of rotatable bonds is 1. The molecule has 1 heterocycles. The number of halogens is 1. The van der Waals surface area contributed by atoms with Crippen molar-refractivity contribution in [2.45, 2.75) is 20.3 Å². The first kappa shape index (κ1) is 11.9. The number of nitrogen functional groups attached to an aromatic ring is 1. The summed E-state index contributed by atoms with van der Waals surface area (Å²) in [7, 11) is 0. The maximum atomic E-state index is 13.5. The number of nitrogens with two attached hydrogens (primary N) is 1. The van der Waals surface area contributed by atoms with E-state index in [1.54, 1.807) is 17.9 Å². The number of amides is 1. The number of anilines is 1. The monoisotopic (exact) mass is 236 g/mol. The summed E-state index contributed by atoms with van der Waals surface area (Å²) < 4.78 is 13.5. The maximum absolute atomic E-state index is 13.5. The van der Waals surface area contributed by atoms with Crippen LogP contribution in [0.4, 0.5) is 10.1 Å². The SMILES string of the molecule is Cc1c(N)cc(C(=O)N2CCC(C)C2)cc1F. The highest BCUT2D eigenvalue weighted by Gasteiger charge is 2.24. The van der Waals surface area contributed by atoms with Crippen LogP contribution in [-0.2, 0) is 0 Å². The van der Waals surface area contributed by atoms with Crippen LogP contribution in [0.2, 0.25) is 0 Å². The van der Waals surface area contributed by atoms with Crippen LogP contribution in [0.3, 0.4) is 0 Å². The maximum Gasteiger partial charge on any atom is 0.254 e. The summed E-state index contributed by atoms with van der Waals surface area (Å²) >= 11 is 0. The number of hydrogen-bond donors (Lipinski definition) is 1. The summed E-state index contributed by atoms with van der Waals surface area (Å²) in [5.41, 5.74) is 6.75. The van der Waals surface area contributed by atoms with Crippen molar-refractivity contribution < 1.29 is 9.18 Å². The predicted octanol–water partition coefficient (Wildman–Crippen LogP) is 2.20. The summed E-state index contributed by atoms with van der Waals surface area (Å²) in [6.07, 6.45) is 1.01. The van der Waals surface area contributed by atoms with E-state index in [0.29, 0.717) is 22.7 Å². The molecule has 1 fully saturated rings. The van der Waals surface area contributed by atoms with Gasteiger partial charge in [0.25, 0.3) is 5.91 Å². The van der Waals surface area contributed by atoms with E-state index in [0.717, 1.165) is 19.5 Å². The van der Waals surface area contributed by atoms with Crippen molar-refractivity contribution in [3.8, 4) is 0 Å². The minimum absolute atomic E-state index is 0.125. The molecule has 0 bridgehead atoms. The Morgan fingerprint density at radius 3 is 2.76 bits per heavy atom. The summed E-state index contributed by atoms with van der Waals surface area (Å²) in [6, 6.07) is 2.83. The second kappa shape index (κ2) is 4.35. The highest BCUT2D eigenvalue weighted by atomic mass is 19.1. The molecule has 1 atom stereocenters. The lowest BCUT2D eigenvalue weighted by atomic mass is 10.1. The average molecular weight is 236 g/mol. The molecule has 1 aliphatic heterocycles. The third-order valence-corrected chi connectivity index (χ3v) is 3.34. The zero-order valence-corrected chi connectivity index (χ0v) is 10.2. The van der Waals surface area contributed by atoms with E-state index >= 15 is 0 Å². The zero-order chi connectivity index (χ0) is 12.6. The first-order chi connectivity index (χ1) is 7.99. The fourth-order valence-corrected chi connectivity index (χ4v) is 2.13. The molecule has 1 aromatic carbocycles. The number of likely N-dealkylation sites (tertiary alicyclic amines) is 1. The molecule has 0 spiro atoms. The summed E-state index contributed by atoms with van der Waals surface area (Å²) in [6.45, 7) is 5.21. The summed E-state index contributed by atoms with van der Waals surface area (Å²) in [5.74, 6) is -0.0212. The lowest BCUT2D eigenvalue weighted by Crippen LogP contribution is -2.28. The van der Waals surface area contributed by atoms with Gasteiger partial charge in [0.2, 0.25) is 0 Å². The summed E-state index contributed by atoms with van der Waals surface area (Å²) in [4.78, 5) is 13.9. The lowest BCUT2D eigenvalue weighted by Gasteiger charge is -2.16. The van der Waals surface area contributed by atoms with Gasteiger partial charge in [-0.3, -0.25) is 4.79 Å². The Labute approximate surface area is 100 Å². The first-order valence-corrected chi connectivity index (χ1v) is 5.84. The van der Waals surface area contributed by atoms with E-state index in [1.165, 1.54) is 6.07 Å². The number of benzene rings is 1. The molecule has 1 saturated heterocycles. The normalized spacial score (nSPS) is 19.7. The molecule has 2 rings (SSSR count). The minimum atomic E-state index is -0.416. The van der Waals surface area contributed by atoms with Crippen LogP contribution in [0.1, 0.15) is 29.3 Å². The van der Waals surface area contributed by atoms with Gasteiger partial charge in [0, 0.05) is 29.9 Å². The number of carbonyl (C=O) groups excluding carboxylic acids is 1. The molecular weight excluding hydrogens is 219 g/mol.